The van der Waals surface area contributed by atoms with Crippen LogP contribution in [-0.2, 0) is 10.0 Å². The summed E-state index contributed by atoms with van der Waals surface area (Å²) in [5.41, 5.74) is 1.98. The molecule has 3 atom stereocenters. The van der Waals surface area contributed by atoms with Gasteiger partial charge in [-0.2, -0.15) is 4.31 Å². The summed E-state index contributed by atoms with van der Waals surface area (Å²) in [4.78, 5) is 3.93. The Hall–Kier alpha value is -2.28. The highest BCUT2D eigenvalue weighted by molar-refractivity contribution is 7.89. The van der Waals surface area contributed by atoms with Crippen LogP contribution in [0.3, 0.4) is 0 Å². The molecule has 0 radical (unpaired) electrons. The lowest BCUT2D eigenvalue weighted by atomic mass is 9.74. The van der Waals surface area contributed by atoms with Crippen LogP contribution < -0.4 is 0 Å². The molecule has 2 aliphatic heterocycles. The highest BCUT2D eigenvalue weighted by atomic mass is 32.2. The quantitative estimate of drug-likeness (QED) is 0.659. The van der Waals surface area contributed by atoms with Crippen LogP contribution in [0.2, 0.25) is 0 Å². The van der Waals surface area contributed by atoms with E-state index in [1.807, 2.05) is 43.3 Å². The summed E-state index contributed by atoms with van der Waals surface area (Å²) in [6.45, 7) is 2.13. The van der Waals surface area contributed by atoms with Crippen molar-refractivity contribution in [2.24, 2.45) is 0 Å². The third kappa shape index (κ3) is 5.04. The number of fused-ring (bicyclic) bond motifs is 1. The van der Waals surface area contributed by atoms with Crippen LogP contribution in [-0.4, -0.2) is 86.6 Å². The molecule has 0 spiro atoms. The smallest absolute Gasteiger partial charge is 0.246 e. The molecule has 2 aromatic carbocycles. The van der Waals surface area contributed by atoms with Crippen molar-refractivity contribution in [3.05, 3.63) is 65.5 Å². The van der Waals surface area contributed by atoms with Crippen LogP contribution in [0.1, 0.15) is 29.9 Å². The molecule has 6 nitrogen and oxygen atoms in total. The number of aliphatic hydroxyl groups excluding tert-OH is 1. The van der Waals surface area contributed by atoms with Crippen LogP contribution in [0.4, 0.5) is 4.39 Å². The highest BCUT2D eigenvalue weighted by Gasteiger charge is 2.50. The van der Waals surface area contributed by atoms with Gasteiger partial charge >= 0.3 is 0 Å². The number of aliphatic hydroxyl groups is 1. The molecule has 2 saturated heterocycles. The number of hydrogen-bond donors (Lipinski definition) is 1. The van der Waals surface area contributed by atoms with E-state index >= 15 is 0 Å². The third-order valence-electron chi connectivity index (χ3n) is 6.71. The molecule has 2 aliphatic rings. The standard InChI is InChI=1S/C26H32FN3O3S/c1-28(2)15-7-8-20-11-13-21(14-12-20)26-23-18-29(16-5-6-17-30(23)24(26)19-31)34(32,33)25-10-4-3-9-22(25)27/h3-4,9-14,23-24,26,31H,5-6,15-19H2,1-2H3/t23-,24-,26+/m1/s1. The maximum Gasteiger partial charge on any atom is 0.246 e. The van der Waals surface area contributed by atoms with Crippen molar-refractivity contribution in [2.75, 3.05) is 46.9 Å². The average Bonchev–Trinajstić information content (AvgIpc) is 2.78. The Labute approximate surface area is 202 Å². The fraction of sp³-hybridized carbons (Fsp3) is 0.462. The van der Waals surface area contributed by atoms with Gasteiger partial charge in [0.15, 0.2) is 0 Å². The maximum absolute atomic E-state index is 14.4. The highest BCUT2D eigenvalue weighted by Crippen LogP contribution is 2.42. The summed E-state index contributed by atoms with van der Waals surface area (Å²) < 4.78 is 42.5. The molecule has 2 heterocycles. The fourth-order valence-electron chi connectivity index (χ4n) is 5.01. The minimum atomic E-state index is -3.96. The van der Waals surface area contributed by atoms with Gasteiger partial charge in [-0.15, -0.1) is 0 Å². The van der Waals surface area contributed by atoms with Crippen LogP contribution in [0, 0.1) is 17.7 Å². The van der Waals surface area contributed by atoms with E-state index in [2.05, 4.69) is 16.7 Å². The third-order valence-corrected chi connectivity index (χ3v) is 8.61. The summed E-state index contributed by atoms with van der Waals surface area (Å²) in [5.74, 6) is 5.54. The first-order valence-electron chi connectivity index (χ1n) is 11.7. The molecule has 0 amide bonds. The van der Waals surface area contributed by atoms with Crippen LogP contribution in [0.15, 0.2) is 53.4 Å². The van der Waals surface area contributed by atoms with Crippen molar-refractivity contribution in [1.29, 1.82) is 0 Å². The van der Waals surface area contributed by atoms with E-state index in [1.54, 1.807) is 6.07 Å². The zero-order valence-corrected chi connectivity index (χ0v) is 20.5. The lowest BCUT2D eigenvalue weighted by molar-refractivity contribution is -0.0554. The van der Waals surface area contributed by atoms with Crippen molar-refractivity contribution < 1.29 is 17.9 Å². The molecule has 34 heavy (non-hydrogen) atoms. The topological polar surface area (TPSA) is 64.1 Å². The van der Waals surface area contributed by atoms with Crippen LogP contribution in [0.5, 0.6) is 0 Å². The fourth-order valence-corrected chi connectivity index (χ4v) is 6.57. The number of benzene rings is 2. The number of sulfonamides is 1. The van der Waals surface area contributed by atoms with Gasteiger partial charge in [-0.05, 0) is 63.3 Å². The van der Waals surface area contributed by atoms with E-state index in [4.69, 9.17) is 0 Å². The normalized spacial score (nSPS) is 23.9. The second kappa shape index (κ2) is 10.5. The lowest BCUT2D eigenvalue weighted by Gasteiger charge is -2.57. The summed E-state index contributed by atoms with van der Waals surface area (Å²) in [5, 5.41) is 10.1. The molecule has 4 rings (SSSR count). The Bertz CT molecular complexity index is 1160. The molecule has 0 aromatic heterocycles. The van der Waals surface area contributed by atoms with Crippen molar-refractivity contribution in [3.8, 4) is 11.8 Å². The number of nitrogens with zero attached hydrogens (tertiary/aromatic N) is 3. The van der Waals surface area contributed by atoms with Gasteiger partial charge < -0.3 is 5.11 Å². The molecule has 8 heteroatoms. The van der Waals surface area contributed by atoms with Gasteiger partial charge in [0.05, 0.1) is 13.2 Å². The molecule has 0 bridgehead atoms. The summed E-state index contributed by atoms with van der Waals surface area (Å²) in [6.07, 6.45) is 1.52. The zero-order valence-electron chi connectivity index (χ0n) is 19.7. The van der Waals surface area contributed by atoms with Crippen LogP contribution >= 0.6 is 0 Å². The van der Waals surface area contributed by atoms with Gasteiger partial charge in [0.1, 0.15) is 10.7 Å². The molecule has 0 aliphatic carbocycles. The van der Waals surface area contributed by atoms with Crippen molar-refractivity contribution in [2.45, 2.75) is 35.7 Å². The average molecular weight is 486 g/mol. The van der Waals surface area contributed by atoms with Gasteiger partial charge in [0, 0.05) is 36.7 Å². The Morgan fingerprint density at radius 3 is 2.47 bits per heavy atom. The van der Waals surface area contributed by atoms with E-state index in [0.29, 0.717) is 19.5 Å². The van der Waals surface area contributed by atoms with Crippen LogP contribution in [0.25, 0.3) is 0 Å². The van der Waals surface area contributed by atoms with E-state index in [0.717, 1.165) is 24.1 Å². The Kier molecular flexibility index (Phi) is 7.70. The molecule has 0 unspecified atom stereocenters. The SMILES string of the molecule is CN(C)CC#Cc1ccc([C@@H]2[C@@H](CO)N3CCCCN(S(=O)(=O)c4ccccc4F)C[C@H]23)cc1. The van der Waals surface area contributed by atoms with E-state index in [1.165, 1.54) is 22.5 Å². The second-order valence-electron chi connectivity index (χ2n) is 9.24. The van der Waals surface area contributed by atoms with E-state index in [-0.39, 0.29) is 36.0 Å². The minimum absolute atomic E-state index is 0.00558. The first-order chi connectivity index (χ1) is 16.3. The molecule has 182 valence electrons. The van der Waals surface area contributed by atoms with Gasteiger partial charge in [-0.3, -0.25) is 9.80 Å². The Morgan fingerprint density at radius 2 is 1.79 bits per heavy atom. The van der Waals surface area contributed by atoms with E-state index in [9.17, 15) is 17.9 Å². The zero-order chi connectivity index (χ0) is 24.3. The first kappa shape index (κ1) is 24.8. The van der Waals surface area contributed by atoms with Gasteiger partial charge in [-0.25, -0.2) is 12.8 Å². The molecular weight excluding hydrogens is 453 g/mol. The largest absolute Gasteiger partial charge is 0.395 e. The molecular formula is C26H32FN3O3S. The minimum Gasteiger partial charge on any atom is -0.395 e. The number of hydrogen-bond acceptors (Lipinski definition) is 5. The number of rotatable bonds is 5. The van der Waals surface area contributed by atoms with Crippen molar-refractivity contribution in [3.63, 3.8) is 0 Å². The predicted molar refractivity (Wildman–Crippen MR) is 130 cm³/mol. The Balaban J connectivity index is 1.59. The predicted octanol–water partition coefficient (Wildman–Crippen LogP) is 2.35. The summed E-state index contributed by atoms with van der Waals surface area (Å²) in [7, 11) is -0.0176. The summed E-state index contributed by atoms with van der Waals surface area (Å²) in [6, 6.07) is 13.4. The molecule has 1 N–H and O–H groups in total. The summed E-state index contributed by atoms with van der Waals surface area (Å²) >= 11 is 0. The molecule has 2 fully saturated rings. The van der Waals surface area contributed by atoms with Crippen molar-refractivity contribution >= 4 is 10.0 Å². The second-order valence-corrected chi connectivity index (χ2v) is 11.1. The van der Waals surface area contributed by atoms with Gasteiger partial charge in [0.25, 0.3) is 0 Å². The van der Waals surface area contributed by atoms with Gasteiger partial charge in [0.2, 0.25) is 10.0 Å². The lowest BCUT2D eigenvalue weighted by Crippen LogP contribution is -2.67. The maximum atomic E-state index is 14.4. The number of halogens is 1. The molecule has 2 aromatic rings. The van der Waals surface area contributed by atoms with E-state index < -0.39 is 15.8 Å². The van der Waals surface area contributed by atoms with Gasteiger partial charge in [-0.1, -0.05) is 36.1 Å². The Morgan fingerprint density at radius 1 is 1.09 bits per heavy atom. The van der Waals surface area contributed by atoms with Crippen molar-refractivity contribution in [1.82, 2.24) is 14.1 Å². The monoisotopic (exact) mass is 485 g/mol. The molecule has 0 saturated carbocycles. The first-order valence-corrected chi connectivity index (χ1v) is 13.1.